The molecule has 0 spiro atoms. The van der Waals surface area contributed by atoms with E-state index in [0.717, 1.165) is 5.56 Å². The van der Waals surface area contributed by atoms with Gasteiger partial charge in [-0.2, -0.15) is 11.8 Å². The molecule has 0 aliphatic carbocycles. The first kappa shape index (κ1) is 15.8. The average molecular weight is 302 g/mol. The summed E-state index contributed by atoms with van der Waals surface area (Å²) in [4.78, 5) is 11.7. The molecule has 19 heavy (non-hydrogen) atoms. The Hall–Kier alpha value is -1.21. The number of carbonyl (C=O) groups is 1. The number of sulfone groups is 1. The fourth-order valence-electron chi connectivity index (χ4n) is 1.41. The summed E-state index contributed by atoms with van der Waals surface area (Å²) >= 11 is 1.29. The van der Waals surface area contributed by atoms with E-state index in [1.807, 2.05) is 19.1 Å². The number of amides is 1. The number of aryl methyl sites for hydroxylation is 1. The van der Waals surface area contributed by atoms with E-state index in [-0.39, 0.29) is 17.4 Å². The molecule has 0 aliphatic rings. The van der Waals surface area contributed by atoms with Crippen molar-refractivity contribution < 1.29 is 13.2 Å². The van der Waals surface area contributed by atoms with Crippen LogP contribution in [0.4, 0.5) is 11.4 Å². The van der Waals surface area contributed by atoms with E-state index in [2.05, 4.69) is 5.32 Å². The molecule has 0 saturated heterocycles. The second-order valence-corrected chi connectivity index (χ2v) is 7.63. The lowest BCUT2D eigenvalue weighted by atomic mass is 10.1. The van der Waals surface area contributed by atoms with Gasteiger partial charge in [-0.25, -0.2) is 8.42 Å². The normalized spacial score (nSPS) is 11.3. The second kappa shape index (κ2) is 6.81. The zero-order valence-corrected chi connectivity index (χ0v) is 12.6. The number of anilines is 2. The molecule has 0 bridgehead atoms. The van der Waals surface area contributed by atoms with E-state index in [9.17, 15) is 13.2 Å². The molecule has 0 unspecified atom stereocenters. The number of rotatable bonds is 6. The second-order valence-electron chi connectivity index (χ2n) is 4.27. The van der Waals surface area contributed by atoms with Gasteiger partial charge in [0.2, 0.25) is 5.91 Å². The van der Waals surface area contributed by atoms with E-state index in [0.29, 0.717) is 17.1 Å². The van der Waals surface area contributed by atoms with Crippen molar-refractivity contribution in [3.05, 3.63) is 23.8 Å². The predicted octanol–water partition coefficient (Wildman–Crippen LogP) is 1.29. The van der Waals surface area contributed by atoms with Crippen molar-refractivity contribution in [1.29, 1.82) is 0 Å². The van der Waals surface area contributed by atoms with Gasteiger partial charge in [-0.05, 0) is 18.6 Å². The third kappa shape index (κ3) is 5.98. The highest BCUT2D eigenvalue weighted by atomic mass is 32.2. The zero-order valence-electron chi connectivity index (χ0n) is 11.0. The zero-order chi connectivity index (χ0) is 14.5. The molecule has 1 amide bonds. The van der Waals surface area contributed by atoms with Gasteiger partial charge in [-0.15, -0.1) is 0 Å². The van der Waals surface area contributed by atoms with Gasteiger partial charge in [-0.1, -0.05) is 12.1 Å². The molecule has 0 fully saturated rings. The van der Waals surface area contributed by atoms with E-state index >= 15 is 0 Å². The fourth-order valence-corrected chi connectivity index (χ4v) is 3.50. The van der Waals surface area contributed by atoms with Crippen LogP contribution in [0, 0.1) is 6.92 Å². The number of benzene rings is 1. The summed E-state index contributed by atoms with van der Waals surface area (Å²) in [5.41, 5.74) is 7.82. The molecule has 106 valence electrons. The Morgan fingerprint density at radius 1 is 1.42 bits per heavy atom. The maximum Gasteiger partial charge on any atom is 0.234 e. The van der Waals surface area contributed by atoms with Crippen LogP contribution < -0.4 is 11.1 Å². The minimum atomic E-state index is -2.97. The summed E-state index contributed by atoms with van der Waals surface area (Å²) in [7, 11) is -2.97. The Morgan fingerprint density at radius 3 is 2.68 bits per heavy atom. The van der Waals surface area contributed by atoms with Crippen LogP contribution in [0.2, 0.25) is 0 Å². The summed E-state index contributed by atoms with van der Waals surface area (Å²) < 4.78 is 21.9. The maximum atomic E-state index is 11.7. The molecule has 1 aromatic rings. The van der Waals surface area contributed by atoms with Crippen LogP contribution in [0.5, 0.6) is 0 Å². The highest BCUT2D eigenvalue weighted by Crippen LogP contribution is 2.22. The van der Waals surface area contributed by atoms with Crippen molar-refractivity contribution in [2.45, 2.75) is 6.92 Å². The van der Waals surface area contributed by atoms with Gasteiger partial charge in [0.25, 0.3) is 0 Å². The molecular formula is C12H18N2O3S2. The molecule has 0 heterocycles. The first-order valence-electron chi connectivity index (χ1n) is 5.70. The summed E-state index contributed by atoms with van der Waals surface area (Å²) in [5.74, 6) is 0.524. The molecule has 0 atom stereocenters. The Labute approximate surface area is 117 Å². The molecule has 0 radical (unpaired) electrons. The average Bonchev–Trinajstić information content (AvgIpc) is 2.28. The number of thioether (sulfide) groups is 1. The quantitative estimate of drug-likeness (QED) is 0.610. The number of nitrogens with one attached hydrogen (secondary N) is 1. The fraction of sp³-hybridized carbons (Fsp3) is 0.417. The van der Waals surface area contributed by atoms with Gasteiger partial charge >= 0.3 is 0 Å². The highest BCUT2D eigenvalue weighted by Gasteiger charge is 2.08. The molecule has 3 N–H and O–H groups in total. The van der Waals surface area contributed by atoms with E-state index in [1.165, 1.54) is 18.0 Å². The molecular weight excluding hydrogens is 284 g/mol. The molecule has 1 aromatic carbocycles. The van der Waals surface area contributed by atoms with Crippen molar-refractivity contribution in [2.24, 2.45) is 0 Å². The molecule has 1 rings (SSSR count). The van der Waals surface area contributed by atoms with E-state index < -0.39 is 9.84 Å². The summed E-state index contributed by atoms with van der Waals surface area (Å²) in [6.45, 7) is 1.86. The highest BCUT2D eigenvalue weighted by molar-refractivity contribution is 8.01. The largest absolute Gasteiger partial charge is 0.397 e. The van der Waals surface area contributed by atoms with Gasteiger partial charge in [-0.3, -0.25) is 4.79 Å². The van der Waals surface area contributed by atoms with Crippen molar-refractivity contribution >= 4 is 38.9 Å². The lowest BCUT2D eigenvalue weighted by molar-refractivity contribution is -0.113. The standard InChI is InChI=1S/C12H18N2O3S2/c1-9-4-3-5-10(13)12(9)14-11(15)8-18-6-7-19(2,16)17/h3-5H,6-8,13H2,1-2H3,(H,14,15). The monoisotopic (exact) mass is 302 g/mol. The van der Waals surface area contributed by atoms with Crippen LogP contribution in [-0.4, -0.2) is 37.8 Å². The van der Waals surface area contributed by atoms with Gasteiger partial charge in [0.05, 0.1) is 22.9 Å². The van der Waals surface area contributed by atoms with Crippen LogP contribution in [0.15, 0.2) is 18.2 Å². The third-order valence-corrected chi connectivity index (χ3v) is 4.56. The minimum absolute atomic E-state index is 0.0808. The van der Waals surface area contributed by atoms with Crippen LogP contribution in [0.3, 0.4) is 0 Å². The molecule has 7 heteroatoms. The van der Waals surface area contributed by atoms with Gasteiger partial charge in [0.15, 0.2) is 0 Å². The first-order chi connectivity index (χ1) is 8.79. The number of para-hydroxylation sites is 1. The molecule has 0 aliphatic heterocycles. The van der Waals surface area contributed by atoms with Crippen LogP contribution in [0.25, 0.3) is 0 Å². The predicted molar refractivity (Wildman–Crippen MR) is 81.3 cm³/mol. The number of carbonyl (C=O) groups excluding carboxylic acids is 1. The van der Waals surface area contributed by atoms with Crippen molar-refractivity contribution in [3.8, 4) is 0 Å². The number of nitrogens with two attached hydrogens (primary N) is 1. The van der Waals surface area contributed by atoms with Crippen molar-refractivity contribution in [1.82, 2.24) is 0 Å². The van der Waals surface area contributed by atoms with Crippen LogP contribution >= 0.6 is 11.8 Å². The van der Waals surface area contributed by atoms with Crippen LogP contribution in [0.1, 0.15) is 5.56 Å². The smallest absolute Gasteiger partial charge is 0.234 e. The maximum absolute atomic E-state index is 11.7. The summed E-state index contributed by atoms with van der Waals surface area (Å²) in [5, 5.41) is 2.74. The Kier molecular flexibility index (Phi) is 5.68. The Morgan fingerprint density at radius 2 is 2.11 bits per heavy atom. The van der Waals surface area contributed by atoms with Crippen molar-refractivity contribution in [3.63, 3.8) is 0 Å². The number of hydrogen-bond acceptors (Lipinski definition) is 5. The van der Waals surface area contributed by atoms with Gasteiger partial charge in [0.1, 0.15) is 9.84 Å². The molecule has 0 saturated carbocycles. The van der Waals surface area contributed by atoms with E-state index in [1.54, 1.807) is 6.07 Å². The first-order valence-corrected chi connectivity index (χ1v) is 8.91. The van der Waals surface area contributed by atoms with Crippen LogP contribution in [-0.2, 0) is 14.6 Å². The molecule has 5 nitrogen and oxygen atoms in total. The topological polar surface area (TPSA) is 89.3 Å². The lowest BCUT2D eigenvalue weighted by Gasteiger charge is -2.10. The number of nitrogen functional groups attached to an aromatic ring is 1. The molecule has 0 aromatic heterocycles. The summed E-state index contributed by atoms with van der Waals surface area (Å²) in [6.07, 6.45) is 1.18. The Bertz CT molecular complexity index is 536. The lowest BCUT2D eigenvalue weighted by Crippen LogP contribution is -2.17. The van der Waals surface area contributed by atoms with Gasteiger partial charge in [0, 0.05) is 12.0 Å². The summed E-state index contributed by atoms with van der Waals surface area (Å²) in [6, 6.07) is 5.41. The third-order valence-electron chi connectivity index (χ3n) is 2.40. The van der Waals surface area contributed by atoms with E-state index in [4.69, 9.17) is 5.73 Å². The van der Waals surface area contributed by atoms with Gasteiger partial charge < -0.3 is 11.1 Å². The number of hydrogen-bond donors (Lipinski definition) is 2. The SMILES string of the molecule is Cc1cccc(N)c1NC(=O)CSCCS(C)(=O)=O. The minimum Gasteiger partial charge on any atom is -0.397 e. The van der Waals surface area contributed by atoms with Crippen molar-refractivity contribution in [2.75, 3.05) is 34.6 Å². The Balaban J connectivity index is 2.44.